The van der Waals surface area contributed by atoms with Crippen LogP contribution in [0.5, 0.6) is 5.75 Å². The molecule has 0 aliphatic carbocycles. The van der Waals surface area contributed by atoms with Crippen LogP contribution in [0, 0.1) is 0 Å². The van der Waals surface area contributed by atoms with Gasteiger partial charge in [0.25, 0.3) is 0 Å². The number of ether oxygens (including phenoxy) is 1. The average molecular weight is 332 g/mol. The smallest absolute Gasteiger partial charge is 0.224 e. The van der Waals surface area contributed by atoms with Crippen molar-refractivity contribution in [3.63, 3.8) is 0 Å². The molecule has 1 aliphatic heterocycles. The fourth-order valence-corrected chi connectivity index (χ4v) is 2.99. The van der Waals surface area contributed by atoms with Gasteiger partial charge in [-0.3, -0.25) is 9.59 Å². The molecule has 0 bridgehead atoms. The molecule has 2 rings (SSSR count). The van der Waals surface area contributed by atoms with Crippen molar-refractivity contribution < 1.29 is 14.3 Å². The van der Waals surface area contributed by atoms with Crippen LogP contribution in [-0.2, 0) is 9.59 Å². The van der Waals surface area contributed by atoms with Gasteiger partial charge in [0.05, 0.1) is 11.8 Å². The largest absolute Gasteiger partial charge is 0.489 e. The van der Waals surface area contributed by atoms with Crippen molar-refractivity contribution in [3.8, 4) is 5.75 Å². The first-order valence-corrected chi connectivity index (χ1v) is 8.80. The molecule has 0 saturated carbocycles. The minimum Gasteiger partial charge on any atom is -0.489 e. The molecule has 5 nitrogen and oxygen atoms in total. The number of rotatable bonds is 6. The zero-order chi connectivity index (χ0) is 17.5. The molecule has 1 aliphatic rings. The molecule has 132 valence electrons. The van der Waals surface area contributed by atoms with E-state index in [0.29, 0.717) is 18.7 Å². The molecule has 0 atom stereocenters. The minimum atomic E-state index is -0.0822. The SMILES string of the molecule is CC(=O)N(CCC(=O)N1CCCCC1)c1ccccc1OC(C)C. The summed E-state index contributed by atoms with van der Waals surface area (Å²) < 4.78 is 5.81. The Balaban J connectivity index is 2.07. The van der Waals surface area contributed by atoms with Crippen molar-refractivity contribution in [2.24, 2.45) is 0 Å². The Morgan fingerprint density at radius 3 is 2.46 bits per heavy atom. The maximum atomic E-state index is 12.4. The van der Waals surface area contributed by atoms with Crippen LogP contribution in [-0.4, -0.2) is 42.5 Å². The molecule has 0 spiro atoms. The summed E-state index contributed by atoms with van der Waals surface area (Å²) in [6.07, 6.45) is 3.72. The zero-order valence-electron chi connectivity index (χ0n) is 15.0. The zero-order valence-corrected chi connectivity index (χ0v) is 15.0. The van der Waals surface area contributed by atoms with Crippen LogP contribution < -0.4 is 9.64 Å². The van der Waals surface area contributed by atoms with Gasteiger partial charge in [-0.25, -0.2) is 0 Å². The summed E-state index contributed by atoms with van der Waals surface area (Å²) >= 11 is 0. The second-order valence-corrected chi connectivity index (χ2v) is 6.50. The van der Waals surface area contributed by atoms with Gasteiger partial charge in [-0.2, -0.15) is 0 Å². The highest BCUT2D eigenvalue weighted by Crippen LogP contribution is 2.29. The molecule has 1 heterocycles. The number of likely N-dealkylation sites (tertiary alicyclic amines) is 1. The summed E-state index contributed by atoms with van der Waals surface area (Å²) in [4.78, 5) is 28.0. The molecule has 0 radical (unpaired) electrons. The molecule has 1 aromatic carbocycles. The first kappa shape index (κ1) is 18.3. The van der Waals surface area contributed by atoms with E-state index in [-0.39, 0.29) is 17.9 Å². The average Bonchev–Trinajstić information content (AvgIpc) is 2.56. The molecule has 1 fully saturated rings. The third-order valence-corrected chi connectivity index (χ3v) is 4.16. The highest BCUT2D eigenvalue weighted by molar-refractivity contribution is 5.93. The van der Waals surface area contributed by atoms with E-state index in [1.54, 1.807) is 4.90 Å². The number of para-hydroxylation sites is 2. The number of carbonyl (C=O) groups is 2. The minimum absolute atomic E-state index is 0.0231. The number of hydrogen-bond donors (Lipinski definition) is 0. The number of carbonyl (C=O) groups excluding carboxylic acids is 2. The fraction of sp³-hybridized carbons (Fsp3) is 0.579. The van der Waals surface area contributed by atoms with Crippen molar-refractivity contribution in [3.05, 3.63) is 24.3 Å². The fourth-order valence-electron chi connectivity index (χ4n) is 2.99. The van der Waals surface area contributed by atoms with Gasteiger partial charge < -0.3 is 14.5 Å². The third kappa shape index (κ3) is 4.98. The van der Waals surface area contributed by atoms with Gasteiger partial charge in [-0.1, -0.05) is 12.1 Å². The van der Waals surface area contributed by atoms with Crippen molar-refractivity contribution in [2.45, 2.75) is 52.6 Å². The number of hydrogen-bond acceptors (Lipinski definition) is 3. The lowest BCUT2D eigenvalue weighted by Crippen LogP contribution is -2.39. The summed E-state index contributed by atoms with van der Waals surface area (Å²) in [5.41, 5.74) is 0.727. The summed E-state index contributed by atoms with van der Waals surface area (Å²) in [5.74, 6) is 0.720. The molecule has 2 amide bonds. The Hall–Kier alpha value is -2.04. The predicted molar refractivity (Wildman–Crippen MR) is 95.3 cm³/mol. The molecule has 0 N–H and O–H groups in total. The molecule has 0 aromatic heterocycles. The Kier molecular flexibility index (Phi) is 6.64. The van der Waals surface area contributed by atoms with Gasteiger partial charge >= 0.3 is 0 Å². The van der Waals surface area contributed by atoms with E-state index in [1.807, 2.05) is 43.0 Å². The van der Waals surface area contributed by atoms with Gasteiger partial charge in [0.1, 0.15) is 5.75 Å². The lowest BCUT2D eigenvalue weighted by Gasteiger charge is -2.29. The molecule has 24 heavy (non-hydrogen) atoms. The van der Waals surface area contributed by atoms with E-state index in [4.69, 9.17) is 4.74 Å². The maximum absolute atomic E-state index is 12.4. The van der Waals surface area contributed by atoms with E-state index in [9.17, 15) is 9.59 Å². The monoisotopic (exact) mass is 332 g/mol. The van der Waals surface area contributed by atoms with E-state index < -0.39 is 0 Å². The lowest BCUT2D eigenvalue weighted by molar-refractivity contribution is -0.131. The second kappa shape index (κ2) is 8.71. The first-order chi connectivity index (χ1) is 11.5. The van der Waals surface area contributed by atoms with Crippen LogP contribution in [0.4, 0.5) is 5.69 Å². The summed E-state index contributed by atoms with van der Waals surface area (Å²) in [6.45, 7) is 7.49. The number of benzene rings is 1. The number of anilines is 1. The Labute approximate surface area is 144 Å². The lowest BCUT2D eigenvalue weighted by atomic mass is 10.1. The number of amides is 2. The number of piperidine rings is 1. The third-order valence-electron chi connectivity index (χ3n) is 4.16. The van der Waals surface area contributed by atoms with Gasteiger partial charge in [0.15, 0.2) is 0 Å². The molecule has 1 saturated heterocycles. The van der Waals surface area contributed by atoms with Crippen LogP contribution >= 0.6 is 0 Å². The first-order valence-electron chi connectivity index (χ1n) is 8.80. The van der Waals surface area contributed by atoms with Crippen molar-refractivity contribution >= 4 is 17.5 Å². The van der Waals surface area contributed by atoms with Gasteiger partial charge in [0, 0.05) is 33.0 Å². The highest BCUT2D eigenvalue weighted by Gasteiger charge is 2.21. The van der Waals surface area contributed by atoms with Gasteiger partial charge in [0.2, 0.25) is 11.8 Å². The normalized spacial score (nSPS) is 14.6. The van der Waals surface area contributed by atoms with Crippen LogP contribution in [0.25, 0.3) is 0 Å². The quantitative estimate of drug-likeness (QED) is 0.803. The Bertz CT molecular complexity index is 565. The second-order valence-electron chi connectivity index (χ2n) is 6.50. The van der Waals surface area contributed by atoms with Crippen molar-refractivity contribution in [1.82, 2.24) is 4.90 Å². The van der Waals surface area contributed by atoms with Crippen LogP contribution in [0.15, 0.2) is 24.3 Å². The Morgan fingerprint density at radius 2 is 1.83 bits per heavy atom. The summed E-state index contributed by atoms with van der Waals surface area (Å²) in [6, 6.07) is 7.49. The van der Waals surface area contributed by atoms with Gasteiger partial charge in [-0.15, -0.1) is 0 Å². The van der Waals surface area contributed by atoms with Gasteiger partial charge in [-0.05, 0) is 45.2 Å². The molecule has 5 heteroatoms. The van der Waals surface area contributed by atoms with E-state index >= 15 is 0 Å². The highest BCUT2D eigenvalue weighted by atomic mass is 16.5. The van der Waals surface area contributed by atoms with E-state index in [2.05, 4.69) is 0 Å². The number of nitrogens with zero attached hydrogens (tertiary/aromatic N) is 2. The van der Waals surface area contributed by atoms with E-state index in [1.165, 1.54) is 13.3 Å². The summed E-state index contributed by atoms with van der Waals surface area (Å²) in [7, 11) is 0. The van der Waals surface area contributed by atoms with Crippen LogP contribution in [0.1, 0.15) is 46.5 Å². The molecular formula is C19H28N2O3. The molecular weight excluding hydrogens is 304 g/mol. The molecule has 1 aromatic rings. The van der Waals surface area contributed by atoms with Crippen LogP contribution in [0.2, 0.25) is 0 Å². The topological polar surface area (TPSA) is 49.9 Å². The standard InChI is InChI=1S/C19H28N2O3/c1-15(2)24-18-10-6-5-9-17(18)21(16(3)22)14-11-19(23)20-12-7-4-8-13-20/h5-6,9-10,15H,4,7-8,11-14H2,1-3H3. The van der Waals surface area contributed by atoms with E-state index in [0.717, 1.165) is 31.6 Å². The summed E-state index contributed by atoms with van der Waals surface area (Å²) in [5, 5.41) is 0. The molecule has 0 unspecified atom stereocenters. The Morgan fingerprint density at radius 1 is 1.17 bits per heavy atom. The van der Waals surface area contributed by atoms with Crippen molar-refractivity contribution in [2.75, 3.05) is 24.5 Å². The van der Waals surface area contributed by atoms with Crippen LogP contribution in [0.3, 0.4) is 0 Å². The predicted octanol–water partition coefficient (Wildman–Crippen LogP) is 3.23. The van der Waals surface area contributed by atoms with Crippen molar-refractivity contribution in [1.29, 1.82) is 0 Å². The maximum Gasteiger partial charge on any atom is 0.224 e.